The number of piperidine rings is 1. The van der Waals surface area contributed by atoms with E-state index in [1.54, 1.807) is 6.07 Å². The molecule has 0 amide bonds. The molecule has 2 heterocycles. The molecule has 2 aliphatic heterocycles. The van der Waals surface area contributed by atoms with Crippen molar-refractivity contribution in [2.24, 2.45) is 0 Å². The first kappa shape index (κ1) is 38.2. The molecule has 0 saturated carbocycles. The van der Waals surface area contributed by atoms with E-state index in [-0.39, 0.29) is 32.3 Å². The maximum atomic E-state index is 13.1. The van der Waals surface area contributed by atoms with E-state index in [0.717, 1.165) is 11.1 Å². The first-order valence-electron chi connectivity index (χ1n) is 13.8. The lowest BCUT2D eigenvalue weighted by Crippen LogP contribution is -2.71. The number of rotatable bonds is 9. The molecule has 0 aromatic heterocycles. The lowest BCUT2D eigenvalue weighted by molar-refractivity contribution is -0.175. The van der Waals surface area contributed by atoms with Crippen molar-refractivity contribution < 1.29 is 71.8 Å². The van der Waals surface area contributed by atoms with Gasteiger partial charge in [-0.1, -0.05) is 19.6 Å². The number of likely N-dealkylation sites (N-methyl/N-ethyl adjacent to an activating group) is 1. The molecule has 16 heteroatoms. The molecule has 1 aliphatic carbocycles. The third-order valence-corrected chi connectivity index (χ3v) is 8.40. The minimum Gasteiger partial charge on any atom is -0.481 e. The van der Waals surface area contributed by atoms with Crippen LogP contribution < -0.4 is 4.74 Å². The number of benzene rings is 1. The highest BCUT2D eigenvalue weighted by molar-refractivity contribution is 5.85. The molecule has 256 valence electrons. The predicted octanol–water partition coefficient (Wildman–Crippen LogP) is 2.41. The van der Waals surface area contributed by atoms with Crippen LogP contribution in [0.1, 0.15) is 63.1 Å². The molecule has 1 saturated heterocycles. The number of aldehydes is 1. The topological polar surface area (TPSA) is 197 Å². The fourth-order valence-corrected chi connectivity index (χ4v) is 6.14. The third-order valence-electron chi connectivity index (χ3n) is 8.40. The van der Waals surface area contributed by atoms with Crippen LogP contribution in [0.4, 0.5) is 13.2 Å². The van der Waals surface area contributed by atoms with Gasteiger partial charge >= 0.3 is 30.1 Å². The van der Waals surface area contributed by atoms with Gasteiger partial charge in [0.1, 0.15) is 11.5 Å². The Labute approximate surface area is 262 Å². The molecule has 1 fully saturated rings. The van der Waals surface area contributed by atoms with Crippen LogP contribution in [0.25, 0.3) is 0 Å². The number of hydrogen-bond donors (Lipinski definition) is 4. The average molecular weight is 662 g/mol. The number of aliphatic carboxylic acids is 2. The van der Waals surface area contributed by atoms with Gasteiger partial charge in [0.15, 0.2) is 6.10 Å². The van der Waals surface area contributed by atoms with Gasteiger partial charge < -0.3 is 39.5 Å². The Balaban J connectivity index is 0.000000960. The van der Waals surface area contributed by atoms with Crippen molar-refractivity contribution in [2.45, 2.75) is 95.4 Å². The largest absolute Gasteiger partial charge is 0.481 e. The first-order chi connectivity index (χ1) is 20.9. The molecule has 3 aliphatic rings. The number of carbonyl (C=O) groups excluding carboxylic acids is 3. The molecule has 1 aromatic rings. The quantitative estimate of drug-likeness (QED) is 0.223. The fourth-order valence-electron chi connectivity index (χ4n) is 6.14. The number of likely N-dealkylation sites (tertiary alicyclic amines) is 1. The Morgan fingerprint density at radius 2 is 1.80 bits per heavy atom. The molecule has 1 spiro atoms. The third kappa shape index (κ3) is 7.50. The van der Waals surface area contributed by atoms with Crippen LogP contribution in [0.15, 0.2) is 24.0 Å². The number of ether oxygens (including phenoxy) is 3. The van der Waals surface area contributed by atoms with Crippen molar-refractivity contribution in [3.8, 4) is 5.75 Å². The summed E-state index contributed by atoms with van der Waals surface area (Å²) in [5.41, 5.74) is -0.313. The lowest BCUT2D eigenvalue weighted by Gasteiger charge is -2.58. The molecular formula is C30H38F3NO12. The molecule has 0 unspecified atom stereocenters. The minimum absolute atomic E-state index is 0. The van der Waals surface area contributed by atoms with Crippen molar-refractivity contribution in [1.29, 1.82) is 0 Å². The summed E-state index contributed by atoms with van der Waals surface area (Å²) in [6.07, 6.45) is -8.43. The van der Waals surface area contributed by atoms with Crippen LogP contribution in [-0.4, -0.2) is 99.1 Å². The zero-order valence-corrected chi connectivity index (χ0v) is 24.6. The number of carboxylic acid groups (broad SMARTS) is 2. The number of alkyl halides is 3. The van der Waals surface area contributed by atoms with Gasteiger partial charge in [-0.05, 0) is 45.5 Å². The van der Waals surface area contributed by atoms with Gasteiger partial charge in [0.25, 0.3) is 0 Å². The second-order valence-electron chi connectivity index (χ2n) is 11.1. The zero-order chi connectivity index (χ0) is 33.9. The molecular weight excluding hydrogens is 623 g/mol. The van der Waals surface area contributed by atoms with E-state index in [1.165, 1.54) is 6.08 Å². The van der Waals surface area contributed by atoms with E-state index >= 15 is 0 Å². The number of halogens is 3. The maximum Gasteiger partial charge on any atom is 0.446 e. The van der Waals surface area contributed by atoms with Crippen LogP contribution in [0.2, 0.25) is 0 Å². The lowest BCUT2D eigenvalue weighted by atomic mass is 9.54. The normalized spacial score (nSPS) is 25.3. The van der Waals surface area contributed by atoms with Crippen molar-refractivity contribution in [2.75, 3.05) is 13.6 Å². The number of carbonyl (C=O) groups is 5. The molecule has 4 rings (SSSR count). The molecule has 4 N–H and O–H groups in total. The van der Waals surface area contributed by atoms with E-state index < -0.39 is 78.8 Å². The van der Waals surface area contributed by atoms with Gasteiger partial charge in [-0.15, -0.1) is 0 Å². The Morgan fingerprint density at radius 1 is 1.17 bits per heavy atom. The van der Waals surface area contributed by atoms with Crippen LogP contribution in [0.5, 0.6) is 5.75 Å². The molecule has 5 atom stereocenters. The second-order valence-corrected chi connectivity index (χ2v) is 11.1. The molecule has 1 aromatic carbocycles. The van der Waals surface area contributed by atoms with Crippen molar-refractivity contribution in [3.63, 3.8) is 0 Å². The number of aliphatic hydroxyl groups excluding tert-OH is 1. The Hall–Kier alpha value is -4.02. The number of esters is 2. The maximum absolute atomic E-state index is 13.1. The van der Waals surface area contributed by atoms with Crippen molar-refractivity contribution in [3.05, 3.63) is 40.7 Å². The summed E-state index contributed by atoms with van der Waals surface area (Å²) in [5.74, 6) is -4.45. The van der Waals surface area contributed by atoms with E-state index in [1.807, 2.05) is 31.9 Å². The smallest absolute Gasteiger partial charge is 0.446 e. The molecule has 0 bridgehead atoms. The predicted molar refractivity (Wildman–Crippen MR) is 151 cm³/mol. The summed E-state index contributed by atoms with van der Waals surface area (Å²) in [7, 11) is 1.91. The summed E-state index contributed by atoms with van der Waals surface area (Å²) in [4.78, 5) is 58.1. The highest BCUT2D eigenvalue weighted by atomic mass is 19.4. The van der Waals surface area contributed by atoms with Gasteiger partial charge in [-0.3, -0.25) is 19.2 Å². The van der Waals surface area contributed by atoms with Gasteiger partial charge in [0.2, 0.25) is 12.4 Å². The van der Waals surface area contributed by atoms with Gasteiger partial charge in [-0.2, -0.15) is 13.2 Å². The highest BCUT2D eigenvalue weighted by Gasteiger charge is 2.69. The fraction of sp³-hybridized carbons (Fsp3) is 0.567. The standard InChI is InChI=1S/C27H33NO11.C2HF3O.CH4/c1-14-4-5-16(13-29)23-22(14)26-10-11-28(3)15(2)27(26,36)9-8-17(24(26)39-23)38-25(35)18(12-20(32)33)37-21(34)7-6-19(30)31;3-2(4,5)1-6;/h4-5,8,15,18,24,29,36H,6-7,9-13H2,1-3H3,(H,30,31)(H,32,33);1H;1H4/t15-,18+,24+,26+,27-;;/m1../s1. The van der Waals surface area contributed by atoms with Crippen LogP contribution in [-0.2, 0) is 45.5 Å². The van der Waals surface area contributed by atoms with E-state index in [0.29, 0.717) is 24.3 Å². The number of hydrogen-bond acceptors (Lipinski definition) is 11. The van der Waals surface area contributed by atoms with Gasteiger partial charge in [0, 0.05) is 23.6 Å². The van der Waals surface area contributed by atoms with Crippen LogP contribution in [0.3, 0.4) is 0 Å². The first-order valence-corrected chi connectivity index (χ1v) is 13.8. The average Bonchev–Trinajstić information content (AvgIpc) is 3.33. The number of fused-ring (bicyclic) bond motifs is 1. The number of aliphatic hydroxyl groups is 2. The van der Waals surface area contributed by atoms with Crippen LogP contribution in [0, 0.1) is 6.92 Å². The van der Waals surface area contributed by atoms with Crippen molar-refractivity contribution >= 4 is 30.2 Å². The Morgan fingerprint density at radius 3 is 2.35 bits per heavy atom. The minimum atomic E-state index is -4.64. The zero-order valence-electron chi connectivity index (χ0n) is 24.6. The van der Waals surface area contributed by atoms with Crippen molar-refractivity contribution in [1.82, 2.24) is 4.90 Å². The summed E-state index contributed by atoms with van der Waals surface area (Å²) in [5, 5.41) is 40.3. The molecule has 13 nitrogen and oxygen atoms in total. The van der Waals surface area contributed by atoms with E-state index in [9.17, 15) is 47.7 Å². The van der Waals surface area contributed by atoms with Gasteiger partial charge in [0.05, 0.1) is 36.9 Å². The summed E-state index contributed by atoms with van der Waals surface area (Å²) >= 11 is 0. The van der Waals surface area contributed by atoms with Gasteiger partial charge in [-0.25, -0.2) is 4.79 Å². The molecule has 46 heavy (non-hydrogen) atoms. The number of aryl methyl sites for hydroxylation is 1. The highest BCUT2D eigenvalue weighted by Crippen LogP contribution is 2.61. The monoisotopic (exact) mass is 661 g/mol. The van der Waals surface area contributed by atoms with E-state index in [2.05, 4.69) is 0 Å². The summed E-state index contributed by atoms with van der Waals surface area (Å²) in [6, 6.07) is 3.26. The van der Waals surface area contributed by atoms with E-state index in [4.69, 9.17) is 24.1 Å². The Kier molecular flexibility index (Phi) is 12.1. The SMILES string of the molecule is C.Cc1ccc(CO)c2c1[C@]13CCN(C)[C@H](C)[C@]1(O)CC=C(OC(=O)[C@H](CC(=O)O)OC(=O)CCC(=O)O)[C@@H]3O2.O=CC(F)(F)F. The second kappa shape index (κ2) is 14.6. The molecule has 0 radical (unpaired) electrons. The Bertz CT molecular complexity index is 1380. The summed E-state index contributed by atoms with van der Waals surface area (Å²) in [6.45, 7) is 4.07. The number of carboxylic acids is 2. The number of nitrogens with zero attached hydrogens (tertiary/aromatic N) is 1. The van der Waals surface area contributed by atoms with Crippen LogP contribution >= 0.6 is 0 Å². The summed E-state index contributed by atoms with van der Waals surface area (Å²) < 4.78 is 48.2.